The van der Waals surface area contributed by atoms with Gasteiger partial charge in [0.05, 0.1) is 6.61 Å². The van der Waals surface area contributed by atoms with Crippen molar-refractivity contribution in [2.24, 2.45) is 5.84 Å². The first-order chi connectivity index (χ1) is 10.2. The van der Waals surface area contributed by atoms with Gasteiger partial charge >= 0.3 is 0 Å². The van der Waals surface area contributed by atoms with Crippen LogP contribution in [0.4, 0.5) is 4.39 Å². The zero-order chi connectivity index (χ0) is 14.8. The van der Waals surface area contributed by atoms with Crippen molar-refractivity contribution in [3.63, 3.8) is 0 Å². The summed E-state index contributed by atoms with van der Waals surface area (Å²) in [6, 6.07) is 12.4. The second-order valence-corrected chi connectivity index (χ2v) is 5.54. The van der Waals surface area contributed by atoms with E-state index in [1.807, 2.05) is 24.3 Å². The number of halogens is 2. The third-order valence-corrected chi connectivity index (χ3v) is 4.28. The molecule has 0 saturated heterocycles. The first kappa shape index (κ1) is 14.3. The Morgan fingerprint density at radius 3 is 2.86 bits per heavy atom. The zero-order valence-electron chi connectivity index (χ0n) is 11.4. The van der Waals surface area contributed by atoms with E-state index >= 15 is 0 Å². The zero-order valence-corrected chi connectivity index (χ0v) is 12.1. The summed E-state index contributed by atoms with van der Waals surface area (Å²) in [6.07, 6.45) is 0.407. The van der Waals surface area contributed by atoms with Gasteiger partial charge in [-0.25, -0.2) is 4.39 Å². The van der Waals surface area contributed by atoms with Crippen molar-refractivity contribution in [1.29, 1.82) is 0 Å². The molecule has 0 fully saturated rings. The van der Waals surface area contributed by atoms with Crippen molar-refractivity contribution in [2.45, 2.75) is 18.4 Å². The minimum atomic E-state index is -0.310. The summed E-state index contributed by atoms with van der Waals surface area (Å²) in [4.78, 5) is 0. The number of nitrogens with one attached hydrogen (secondary N) is 1. The second kappa shape index (κ2) is 6.02. The summed E-state index contributed by atoms with van der Waals surface area (Å²) in [6.45, 7) is 0.528. The van der Waals surface area contributed by atoms with Gasteiger partial charge in [-0.3, -0.25) is 11.3 Å². The van der Waals surface area contributed by atoms with Gasteiger partial charge in [-0.15, -0.1) is 0 Å². The minimum absolute atomic E-state index is 0.0712. The third-order valence-electron chi connectivity index (χ3n) is 3.92. The highest BCUT2D eigenvalue weighted by atomic mass is 35.5. The molecule has 2 unspecified atom stereocenters. The van der Waals surface area contributed by atoms with Gasteiger partial charge in [-0.1, -0.05) is 35.9 Å². The molecule has 0 radical (unpaired) electrons. The standard InChI is InChI=1S/C16H16ClFN2O/c17-13-5-3-6-14(18)11(13)8-15(20-19)12-9-21-16-7-2-1-4-10(12)16/h1-7,12,15,20H,8-9,19H2. The molecule has 0 amide bonds. The van der Waals surface area contributed by atoms with Gasteiger partial charge in [0.2, 0.25) is 0 Å². The Morgan fingerprint density at radius 1 is 1.29 bits per heavy atom. The van der Waals surface area contributed by atoms with E-state index in [0.29, 0.717) is 23.6 Å². The van der Waals surface area contributed by atoms with Crippen LogP contribution in [0.25, 0.3) is 0 Å². The van der Waals surface area contributed by atoms with Crippen LogP contribution < -0.4 is 16.0 Å². The fraction of sp³-hybridized carbons (Fsp3) is 0.250. The summed E-state index contributed by atoms with van der Waals surface area (Å²) >= 11 is 6.10. The molecule has 0 aromatic heterocycles. The first-order valence-electron chi connectivity index (χ1n) is 6.81. The summed E-state index contributed by atoms with van der Waals surface area (Å²) in [7, 11) is 0. The number of fused-ring (bicyclic) bond motifs is 1. The Labute approximate surface area is 127 Å². The number of hydrazine groups is 1. The van der Waals surface area contributed by atoms with Gasteiger partial charge in [0.25, 0.3) is 0 Å². The fourth-order valence-corrected chi connectivity index (χ4v) is 3.03. The van der Waals surface area contributed by atoms with Crippen LogP contribution in [0.1, 0.15) is 17.0 Å². The Bertz CT molecular complexity index is 630. The lowest BCUT2D eigenvalue weighted by atomic mass is 9.89. The normalized spacial score (nSPS) is 18.1. The number of benzene rings is 2. The highest BCUT2D eigenvalue weighted by Gasteiger charge is 2.31. The minimum Gasteiger partial charge on any atom is -0.493 e. The monoisotopic (exact) mass is 306 g/mol. The van der Waals surface area contributed by atoms with Gasteiger partial charge in [0.15, 0.2) is 0 Å². The predicted molar refractivity (Wildman–Crippen MR) is 80.9 cm³/mol. The highest BCUT2D eigenvalue weighted by molar-refractivity contribution is 6.31. The van der Waals surface area contributed by atoms with Crippen molar-refractivity contribution in [3.05, 3.63) is 64.4 Å². The van der Waals surface area contributed by atoms with Crippen molar-refractivity contribution in [2.75, 3.05) is 6.61 Å². The van der Waals surface area contributed by atoms with E-state index in [2.05, 4.69) is 5.43 Å². The van der Waals surface area contributed by atoms with E-state index in [-0.39, 0.29) is 17.8 Å². The van der Waals surface area contributed by atoms with Gasteiger partial charge in [-0.05, 0) is 24.6 Å². The summed E-state index contributed by atoms with van der Waals surface area (Å²) in [5.74, 6) is 6.31. The Hall–Kier alpha value is -1.62. The molecule has 3 nitrogen and oxygen atoms in total. The summed E-state index contributed by atoms with van der Waals surface area (Å²) < 4.78 is 19.6. The van der Waals surface area contributed by atoms with Crippen LogP contribution in [0.2, 0.25) is 5.02 Å². The molecule has 2 aromatic rings. The number of hydrogen-bond donors (Lipinski definition) is 2. The van der Waals surface area contributed by atoms with Gasteiger partial charge in [0, 0.05) is 28.1 Å². The van der Waals surface area contributed by atoms with Crippen molar-refractivity contribution >= 4 is 11.6 Å². The lowest BCUT2D eigenvalue weighted by Crippen LogP contribution is -2.42. The molecule has 2 atom stereocenters. The van der Waals surface area contributed by atoms with Crippen LogP contribution >= 0.6 is 11.6 Å². The molecular formula is C16H16ClFN2O. The molecule has 110 valence electrons. The van der Waals surface area contributed by atoms with E-state index < -0.39 is 0 Å². The highest BCUT2D eigenvalue weighted by Crippen LogP contribution is 2.36. The molecule has 1 aliphatic rings. The first-order valence-corrected chi connectivity index (χ1v) is 7.19. The molecule has 0 saturated carbocycles. The molecule has 5 heteroatoms. The Balaban J connectivity index is 1.87. The van der Waals surface area contributed by atoms with E-state index in [9.17, 15) is 4.39 Å². The molecule has 1 heterocycles. The molecular weight excluding hydrogens is 291 g/mol. The average Bonchev–Trinajstić information content (AvgIpc) is 2.91. The lowest BCUT2D eigenvalue weighted by molar-refractivity contribution is 0.297. The Morgan fingerprint density at radius 2 is 2.10 bits per heavy atom. The van der Waals surface area contributed by atoms with Crippen LogP contribution in [-0.4, -0.2) is 12.6 Å². The summed E-state index contributed by atoms with van der Waals surface area (Å²) in [5.41, 5.74) is 4.35. The third kappa shape index (κ3) is 2.75. The number of ether oxygens (including phenoxy) is 1. The maximum atomic E-state index is 13.9. The summed E-state index contributed by atoms with van der Waals surface area (Å²) in [5, 5.41) is 0.419. The van der Waals surface area contributed by atoms with Crippen LogP contribution in [0.3, 0.4) is 0 Å². The molecule has 3 rings (SSSR count). The maximum absolute atomic E-state index is 13.9. The van der Waals surface area contributed by atoms with Gasteiger partial charge in [-0.2, -0.15) is 0 Å². The van der Waals surface area contributed by atoms with Crippen molar-refractivity contribution in [1.82, 2.24) is 5.43 Å². The number of rotatable bonds is 4. The molecule has 0 aliphatic carbocycles. The van der Waals surface area contributed by atoms with Crippen LogP contribution in [0, 0.1) is 5.82 Å². The number of nitrogens with two attached hydrogens (primary N) is 1. The molecule has 1 aliphatic heterocycles. The average molecular weight is 307 g/mol. The SMILES string of the molecule is NNC(Cc1c(F)cccc1Cl)C1COc2ccccc21. The molecule has 0 spiro atoms. The van der Waals surface area contributed by atoms with Crippen LogP contribution in [-0.2, 0) is 6.42 Å². The molecule has 0 bridgehead atoms. The largest absolute Gasteiger partial charge is 0.493 e. The Kier molecular flexibility index (Phi) is 4.10. The van der Waals surface area contributed by atoms with E-state index in [1.54, 1.807) is 12.1 Å². The lowest BCUT2D eigenvalue weighted by Gasteiger charge is -2.22. The predicted octanol–water partition coefficient (Wildman–Crippen LogP) is 3.03. The number of hydrogen-bond acceptors (Lipinski definition) is 3. The molecule has 21 heavy (non-hydrogen) atoms. The van der Waals surface area contributed by atoms with E-state index in [0.717, 1.165) is 11.3 Å². The maximum Gasteiger partial charge on any atom is 0.127 e. The topological polar surface area (TPSA) is 47.3 Å². The van der Waals surface area contributed by atoms with Crippen LogP contribution in [0.15, 0.2) is 42.5 Å². The van der Waals surface area contributed by atoms with Crippen molar-refractivity contribution in [3.8, 4) is 5.75 Å². The van der Waals surface area contributed by atoms with Gasteiger partial charge in [0.1, 0.15) is 11.6 Å². The van der Waals surface area contributed by atoms with E-state index in [1.165, 1.54) is 6.07 Å². The second-order valence-electron chi connectivity index (χ2n) is 5.13. The number of para-hydroxylation sites is 1. The smallest absolute Gasteiger partial charge is 0.127 e. The van der Waals surface area contributed by atoms with Gasteiger partial charge < -0.3 is 4.74 Å². The van der Waals surface area contributed by atoms with Crippen LogP contribution in [0.5, 0.6) is 5.75 Å². The molecule has 3 N–H and O–H groups in total. The molecule has 2 aromatic carbocycles. The van der Waals surface area contributed by atoms with Crippen molar-refractivity contribution < 1.29 is 9.13 Å². The fourth-order valence-electron chi connectivity index (χ4n) is 2.79. The quantitative estimate of drug-likeness (QED) is 0.674. The van der Waals surface area contributed by atoms with E-state index in [4.69, 9.17) is 22.2 Å².